The summed E-state index contributed by atoms with van der Waals surface area (Å²) in [6.45, 7) is 11.1. The molecule has 0 bridgehead atoms. The van der Waals surface area contributed by atoms with E-state index in [4.69, 9.17) is 9.73 Å². The van der Waals surface area contributed by atoms with Crippen molar-refractivity contribution in [2.24, 2.45) is 4.99 Å². The molecule has 7 nitrogen and oxygen atoms in total. The molecule has 1 amide bonds. The highest BCUT2D eigenvalue weighted by Gasteiger charge is 2.24. The molecule has 0 spiro atoms. The van der Waals surface area contributed by atoms with Crippen LogP contribution in [0.2, 0.25) is 0 Å². The van der Waals surface area contributed by atoms with Crippen LogP contribution in [0.15, 0.2) is 23.2 Å². The van der Waals surface area contributed by atoms with Crippen molar-refractivity contribution in [3.63, 3.8) is 0 Å². The van der Waals surface area contributed by atoms with Crippen LogP contribution in [0.4, 0.5) is 4.39 Å². The van der Waals surface area contributed by atoms with Crippen LogP contribution in [-0.4, -0.2) is 85.5 Å². The van der Waals surface area contributed by atoms with Crippen molar-refractivity contribution in [1.82, 2.24) is 20.0 Å². The molecule has 172 valence electrons. The van der Waals surface area contributed by atoms with E-state index in [0.717, 1.165) is 70.2 Å². The van der Waals surface area contributed by atoms with Crippen LogP contribution in [0.1, 0.15) is 38.7 Å². The minimum absolute atomic E-state index is 0.256. The number of benzene rings is 1. The highest BCUT2D eigenvalue weighted by Crippen LogP contribution is 2.19. The lowest BCUT2D eigenvalue weighted by atomic mass is 10.1. The smallest absolute Gasteiger partial charge is 0.236 e. The number of hydrogen-bond donors (Lipinski definition) is 1. The predicted molar refractivity (Wildman–Crippen MR) is 121 cm³/mol. The van der Waals surface area contributed by atoms with E-state index < -0.39 is 0 Å². The standard InChI is InChI=1S/C23H36FN5O2/c1-3-25-23(26-17-19-8-9-21(31-4-2)20(24)16-19)29-14-12-27(13-15-29)18-22(30)28-10-6-5-7-11-28/h8-9,16H,3-7,10-15,17-18H2,1-2H3,(H,25,26). The van der Waals surface area contributed by atoms with Gasteiger partial charge < -0.3 is 19.9 Å². The molecule has 0 radical (unpaired) electrons. The van der Waals surface area contributed by atoms with E-state index in [2.05, 4.69) is 15.1 Å². The zero-order valence-corrected chi connectivity index (χ0v) is 18.9. The Kier molecular flexibility index (Phi) is 8.94. The Morgan fingerprint density at radius 2 is 1.81 bits per heavy atom. The fourth-order valence-electron chi connectivity index (χ4n) is 4.06. The number of guanidine groups is 1. The first kappa shape index (κ1) is 23.3. The maximum Gasteiger partial charge on any atom is 0.236 e. The number of piperazine rings is 1. The lowest BCUT2D eigenvalue weighted by Crippen LogP contribution is -2.54. The summed E-state index contributed by atoms with van der Waals surface area (Å²) in [4.78, 5) is 23.7. The average molecular weight is 434 g/mol. The quantitative estimate of drug-likeness (QED) is 0.528. The molecule has 2 heterocycles. The van der Waals surface area contributed by atoms with E-state index in [-0.39, 0.29) is 17.5 Å². The number of rotatable bonds is 7. The van der Waals surface area contributed by atoms with Gasteiger partial charge in [0.2, 0.25) is 5.91 Å². The summed E-state index contributed by atoms with van der Waals surface area (Å²) >= 11 is 0. The van der Waals surface area contributed by atoms with Crippen molar-refractivity contribution in [2.45, 2.75) is 39.7 Å². The molecule has 2 fully saturated rings. The highest BCUT2D eigenvalue weighted by atomic mass is 19.1. The minimum atomic E-state index is -0.355. The minimum Gasteiger partial charge on any atom is -0.491 e. The number of carbonyl (C=O) groups excluding carboxylic acids is 1. The molecule has 1 aromatic rings. The fraction of sp³-hybridized carbons (Fsp3) is 0.652. The van der Waals surface area contributed by atoms with Gasteiger partial charge in [0.25, 0.3) is 0 Å². The number of amides is 1. The molecule has 0 unspecified atom stereocenters. The zero-order chi connectivity index (χ0) is 22.1. The van der Waals surface area contributed by atoms with Crippen molar-refractivity contribution in [3.05, 3.63) is 29.6 Å². The van der Waals surface area contributed by atoms with Crippen molar-refractivity contribution in [3.8, 4) is 5.75 Å². The number of nitrogens with one attached hydrogen (secondary N) is 1. The molecule has 2 aliphatic heterocycles. The number of ether oxygens (including phenoxy) is 1. The monoisotopic (exact) mass is 433 g/mol. The first-order valence-electron chi connectivity index (χ1n) is 11.5. The van der Waals surface area contributed by atoms with Crippen LogP contribution >= 0.6 is 0 Å². The Hall–Kier alpha value is -2.35. The van der Waals surface area contributed by atoms with E-state index in [1.807, 2.05) is 24.8 Å². The molecule has 1 aromatic carbocycles. The number of carbonyl (C=O) groups is 1. The SMILES string of the molecule is CCNC(=NCc1ccc(OCC)c(F)c1)N1CCN(CC(=O)N2CCCCC2)CC1. The normalized spacial score (nSPS) is 18.2. The maximum atomic E-state index is 14.1. The van der Waals surface area contributed by atoms with Crippen molar-refractivity contribution in [1.29, 1.82) is 0 Å². The van der Waals surface area contributed by atoms with Gasteiger partial charge in [-0.2, -0.15) is 0 Å². The van der Waals surface area contributed by atoms with E-state index in [0.29, 0.717) is 19.7 Å². The molecular formula is C23H36FN5O2. The number of nitrogens with zero attached hydrogens (tertiary/aromatic N) is 4. The summed E-state index contributed by atoms with van der Waals surface area (Å²) in [7, 11) is 0. The van der Waals surface area contributed by atoms with Crippen LogP contribution in [0.5, 0.6) is 5.75 Å². The van der Waals surface area contributed by atoms with E-state index in [9.17, 15) is 9.18 Å². The van der Waals surface area contributed by atoms with Crippen LogP contribution in [0.3, 0.4) is 0 Å². The summed E-state index contributed by atoms with van der Waals surface area (Å²) in [6.07, 6.45) is 3.48. The van der Waals surface area contributed by atoms with E-state index >= 15 is 0 Å². The van der Waals surface area contributed by atoms with Gasteiger partial charge in [0.05, 0.1) is 19.7 Å². The van der Waals surface area contributed by atoms with Gasteiger partial charge in [-0.25, -0.2) is 9.38 Å². The third-order valence-corrected chi connectivity index (χ3v) is 5.78. The first-order valence-corrected chi connectivity index (χ1v) is 11.5. The molecule has 1 N–H and O–H groups in total. The van der Waals surface area contributed by atoms with Gasteiger partial charge >= 0.3 is 0 Å². The molecule has 2 saturated heterocycles. The third kappa shape index (κ3) is 6.82. The molecule has 8 heteroatoms. The zero-order valence-electron chi connectivity index (χ0n) is 18.9. The van der Waals surface area contributed by atoms with Gasteiger partial charge in [-0.1, -0.05) is 6.07 Å². The maximum absolute atomic E-state index is 14.1. The molecular weight excluding hydrogens is 397 g/mol. The van der Waals surface area contributed by atoms with E-state index in [1.165, 1.54) is 12.5 Å². The Bertz CT molecular complexity index is 743. The van der Waals surface area contributed by atoms with Crippen molar-refractivity contribution < 1.29 is 13.9 Å². The molecule has 0 aliphatic carbocycles. The van der Waals surface area contributed by atoms with Gasteiger partial charge in [-0.15, -0.1) is 0 Å². The summed E-state index contributed by atoms with van der Waals surface area (Å²) in [6, 6.07) is 5.00. The number of halogens is 1. The van der Waals surface area contributed by atoms with Crippen LogP contribution in [0, 0.1) is 5.82 Å². The highest BCUT2D eigenvalue weighted by molar-refractivity contribution is 5.80. The summed E-state index contributed by atoms with van der Waals surface area (Å²) in [5.41, 5.74) is 0.808. The Morgan fingerprint density at radius 1 is 1.06 bits per heavy atom. The average Bonchev–Trinajstić information content (AvgIpc) is 2.79. The third-order valence-electron chi connectivity index (χ3n) is 5.78. The van der Waals surface area contributed by atoms with Gasteiger partial charge in [-0.05, 0) is 50.8 Å². The van der Waals surface area contributed by atoms with Crippen LogP contribution in [-0.2, 0) is 11.3 Å². The second-order valence-corrected chi connectivity index (χ2v) is 8.07. The van der Waals surface area contributed by atoms with E-state index in [1.54, 1.807) is 6.07 Å². The Labute approximate surface area is 185 Å². The summed E-state index contributed by atoms with van der Waals surface area (Å²) in [5, 5.41) is 3.34. The molecule has 0 atom stereocenters. The largest absolute Gasteiger partial charge is 0.491 e. The van der Waals surface area contributed by atoms with Crippen LogP contribution < -0.4 is 10.1 Å². The van der Waals surface area contributed by atoms with Crippen molar-refractivity contribution in [2.75, 3.05) is 59.0 Å². The summed E-state index contributed by atoms with van der Waals surface area (Å²) in [5.74, 6) is 1.01. The Morgan fingerprint density at radius 3 is 2.45 bits per heavy atom. The number of hydrogen-bond acceptors (Lipinski definition) is 4. The first-order chi connectivity index (χ1) is 15.1. The second-order valence-electron chi connectivity index (χ2n) is 8.07. The van der Waals surface area contributed by atoms with Gasteiger partial charge in [-0.3, -0.25) is 9.69 Å². The topological polar surface area (TPSA) is 60.4 Å². The lowest BCUT2D eigenvalue weighted by molar-refractivity contribution is -0.133. The van der Waals surface area contributed by atoms with Gasteiger partial charge in [0.1, 0.15) is 0 Å². The summed E-state index contributed by atoms with van der Waals surface area (Å²) < 4.78 is 19.4. The lowest BCUT2D eigenvalue weighted by Gasteiger charge is -2.37. The number of piperidine rings is 1. The molecule has 3 rings (SSSR count). The predicted octanol–water partition coefficient (Wildman–Crippen LogP) is 2.32. The van der Waals surface area contributed by atoms with Gasteiger partial charge in [0, 0.05) is 45.8 Å². The second kappa shape index (κ2) is 11.9. The molecule has 2 aliphatic rings. The fourth-order valence-corrected chi connectivity index (χ4v) is 4.06. The van der Waals surface area contributed by atoms with Gasteiger partial charge in [0.15, 0.2) is 17.5 Å². The molecule has 0 saturated carbocycles. The van der Waals surface area contributed by atoms with Crippen molar-refractivity contribution >= 4 is 11.9 Å². The number of aliphatic imine (C=N–C) groups is 1. The Balaban J connectivity index is 1.52. The van der Waals surface area contributed by atoms with Crippen LogP contribution in [0.25, 0.3) is 0 Å². The molecule has 31 heavy (non-hydrogen) atoms. The number of likely N-dealkylation sites (tertiary alicyclic amines) is 1. The molecule has 0 aromatic heterocycles.